The van der Waals surface area contributed by atoms with Gasteiger partial charge in [-0.05, 0) is 18.2 Å². The zero-order valence-corrected chi connectivity index (χ0v) is 11.6. The van der Waals surface area contributed by atoms with Gasteiger partial charge in [-0.15, -0.1) is 23.1 Å². The number of aliphatic carboxylic acids is 1. The first-order valence-corrected chi connectivity index (χ1v) is 7.36. The monoisotopic (exact) mass is 294 g/mol. The summed E-state index contributed by atoms with van der Waals surface area (Å²) in [5.74, 6) is 0.376. The summed E-state index contributed by atoms with van der Waals surface area (Å²) in [7, 11) is 1.62. The summed E-state index contributed by atoms with van der Waals surface area (Å²) in [4.78, 5) is 19.6. The van der Waals surface area contributed by atoms with Crippen molar-refractivity contribution in [2.75, 3.05) is 12.9 Å². The molecular formula is C12H10N2O3S2. The summed E-state index contributed by atoms with van der Waals surface area (Å²) in [6, 6.07) is 5.02. The molecule has 0 saturated carbocycles. The average molecular weight is 294 g/mol. The number of hydrogen-bond donors (Lipinski definition) is 1. The van der Waals surface area contributed by atoms with Crippen molar-refractivity contribution in [1.29, 1.82) is 0 Å². The number of hydrogen-bond acceptors (Lipinski definition) is 6. The molecule has 0 bridgehead atoms. The smallest absolute Gasteiger partial charge is 0.329 e. The maximum Gasteiger partial charge on any atom is 0.329 e. The SMILES string of the molecule is COc1ccc2nc(C3=N[C@H](C(=O)O)CS3)sc2c1. The van der Waals surface area contributed by atoms with Gasteiger partial charge < -0.3 is 9.84 Å². The zero-order valence-electron chi connectivity index (χ0n) is 9.99. The highest BCUT2D eigenvalue weighted by Crippen LogP contribution is 2.31. The average Bonchev–Trinajstić information content (AvgIpc) is 3.04. The predicted molar refractivity (Wildman–Crippen MR) is 76.6 cm³/mol. The van der Waals surface area contributed by atoms with E-state index in [4.69, 9.17) is 9.84 Å². The molecule has 0 saturated heterocycles. The van der Waals surface area contributed by atoms with E-state index in [-0.39, 0.29) is 0 Å². The van der Waals surface area contributed by atoms with Crippen LogP contribution in [0.4, 0.5) is 0 Å². The molecule has 2 heterocycles. The number of carboxylic acid groups (broad SMARTS) is 1. The lowest BCUT2D eigenvalue weighted by Crippen LogP contribution is -2.17. The van der Waals surface area contributed by atoms with Crippen LogP contribution in [0.2, 0.25) is 0 Å². The zero-order chi connectivity index (χ0) is 13.4. The highest BCUT2D eigenvalue weighted by atomic mass is 32.2. The Bertz CT molecular complexity index is 681. The van der Waals surface area contributed by atoms with Crippen molar-refractivity contribution in [2.45, 2.75) is 6.04 Å². The normalized spacial score (nSPS) is 18.6. The molecule has 0 aliphatic carbocycles. The molecule has 98 valence electrons. The third kappa shape index (κ3) is 2.31. The standard InChI is InChI=1S/C12H10N2O3S2/c1-17-6-2-3-7-9(4-6)19-11(13-7)10-14-8(5-18-10)12(15)16/h2-4,8H,5H2,1H3,(H,15,16)/t8-/m0/s1. The first kappa shape index (κ1) is 12.4. The third-order valence-electron chi connectivity index (χ3n) is 2.71. The van der Waals surface area contributed by atoms with Crippen LogP contribution in [0.25, 0.3) is 10.2 Å². The van der Waals surface area contributed by atoms with Crippen LogP contribution in [0.1, 0.15) is 5.01 Å². The largest absolute Gasteiger partial charge is 0.497 e. The van der Waals surface area contributed by atoms with Crippen molar-refractivity contribution < 1.29 is 14.6 Å². The van der Waals surface area contributed by atoms with E-state index in [1.54, 1.807) is 7.11 Å². The van der Waals surface area contributed by atoms with Crippen LogP contribution in [-0.2, 0) is 4.79 Å². The van der Waals surface area contributed by atoms with Crippen LogP contribution in [0.3, 0.4) is 0 Å². The van der Waals surface area contributed by atoms with Crippen molar-refractivity contribution in [3.8, 4) is 5.75 Å². The van der Waals surface area contributed by atoms with E-state index in [0.29, 0.717) is 10.8 Å². The van der Waals surface area contributed by atoms with Gasteiger partial charge in [0.25, 0.3) is 0 Å². The van der Waals surface area contributed by atoms with Crippen LogP contribution in [0, 0.1) is 0 Å². The fourth-order valence-corrected chi connectivity index (χ4v) is 3.83. The second-order valence-corrected chi connectivity index (χ2v) is 5.99. The molecule has 0 radical (unpaired) electrons. The van der Waals surface area contributed by atoms with Crippen LogP contribution in [0.5, 0.6) is 5.75 Å². The Morgan fingerprint density at radius 2 is 2.37 bits per heavy atom. The molecular weight excluding hydrogens is 284 g/mol. The summed E-state index contributed by atoms with van der Waals surface area (Å²) in [6.07, 6.45) is 0. The Morgan fingerprint density at radius 3 is 3.05 bits per heavy atom. The molecule has 0 unspecified atom stereocenters. The van der Waals surface area contributed by atoms with Crippen LogP contribution < -0.4 is 4.74 Å². The number of ether oxygens (including phenoxy) is 1. The topological polar surface area (TPSA) is 71.8 Å². The summed E-state index contributed by atoms with van der Waals surface area (Å²) in [5, 5.41) is 10.4. The lowest BCUT2D eigenvalue weighted by atomic mass is 10.3. The van der Waals surface area contributed by atoms with Crippen molar-refractivity contribution >= 4 is 44.3 Å². The summed E-state index contributed by atoms with van der Waals surface area (Å²) in [5.41, 5.74) is 0.878. The van der Waals surface area contributed by atoms with Gasteiger partial charge in [-0.25, -0.2) is 9.78 Å². The van der Waals surface area contributed by atoms with Crippen molar-refractivity contribution in [3.05, 3.63) is 23.2 Å². The van der Waals surface area contributed by atoms with Crippen LogP contribution in [-0.4, -0.2) is 40.0 Å². The summed E-state index contributed by atoms with van der Waals surface area (Å²) in [6.45, 7) is 0. The van der Waals surface area contributed by atoms with E-state index in [0.717, 1.165) is 21.0 Å². The Balaban J connectivity index is 1.98. The molecule has 3 rings (SSSR count). The number of benzene rings is 1. The van der Waals surface area contributed by atoms with Gasteiger partial charge in [-0.3, -0.25) is 4.99 Å². The van der Waals surface area contributed by atoms with E-state index < -0.39 is 12.0 Å². The van der Waals surface area contributed by atoms with Gasteiger partial charge in [-0.1, -0.05) is 0 Å². The van der Waals surface area contributed by atoms with Gasteiger partial charge in [0.15, 0.2) is 6.04 Å². The third-order valence-corrected chi connectivity index (χ3v) is 4.92. The Hall–Kier alpha value is -1.60. The Morgan fingerprint density at radius 1 is 1.53 bits per heavy atom. The van der Waals surface area contributed by atoms with Gasteiger partial charge in [0, 0.05) is 5.75 Å². The Kier molecular flexibility index (Phi) is 3.16. The number of nitrogens with zero attached hydrogens (tertiary/aromatic N) is 2. The van der Waals surface area contributed by atoms with Crippen molar-refractivity contribution in [3.63, 3.8) is 0 Å². The van der Waals surface area contributed by atoms with Gasteiger partial charge >= 0.3 is 5.97 Å². The number of methoxy groups -OCH3 is 1. The molecule has 5 nitrogen and oxygen atoms in total. The van der Waals surface area contributed by atoms with Gasteiger partial charge in [-0.2, -0.15) is 0 Å². The van der Waals surface area contributed by atoms with E-state index >= 15 is 0 Å². The number of carbonyl (C=O) groups is 1. The predicted octanol–water partition coefficient (Wildman–Crippen LogP) is 2.25. The van der Waals surface area contributed by atoms with E-state index in [9.17, 15) is 4.79 Å². The minimum absolute atomic E-state index is 0.476. The van der Waals surface area contributed by atoms with E-state index in [2.05, 4.69) is 9.98 Å². The molecule has 0 fully saturated rings. The molecule has 2 aromatic rings. The molecule has 1 N–H and O–H groups in total. The van der Waals surface area contributed by atoms with Crippen molar-refractivity contribution in [1.82, 2.24) is 4.98 Å². The van der Waals surface area contributed by atoms with E-state index in [1.165, 1.54) is 23.1 Å². The number of rotatable bonds is 3. The molecule has 0 spiro atoms. The highest BCUT2D eigenvalue weighted by molar-refractivity contribution is 8.15. The first-order valence-electron chi connectivity index (χ1n) is 5.56. The lowest BCUT2D eigenvalue weighted by Gasteiger charge is -1.96. The van der Waals surface area contributed by atoms with Gasteiger partial charge in [0.05, 0.1) is 17.3 Å². The maximum atomic E-state index is 10.9. The Labute approximate surface area is 117 Å². The molecule has 1 aromatic heterocycles. The number of carboxylic acids is 1. The number of fused-ring (bicyclic) bond motifs is 1. The number of aromatic nitrogens is 1. The number of thioether (sulfide) groups is 1. The van der Waals surface area contributed by atoms with Gasteiger partial charge in [0.2, 0.25) is 0 Å². The molecule has 1 aliphatic rings. The lowest BCUT2D eigenvalue weighted by molar-refractivity contribution is -0.137. The molecule has 0 amide bonds. The summed E-state index contributed by atoms with van der Waals surface area (Å²) < 4.78 is 6.18. The molecule has 1 atom stereocenters. The molecule has 1 aromatic carbocycles. The quantitative estimate of drug-likeness (QED) is 0.940. The second kappa shape index (κ2) is 4.82. The fraction of sp³-hybridized carbons (Fsp3) is 0.250. The van der Waals surface area contributed by atoms with Crippen LogP contribution >= 0.6 is 23.1 Å². The first-order chi connectivity index (χ1) is 9.17. The van der Waals surface area contributed by atoms with Gasteiger partial charge in [0.1, 0.15) is 15.8 Å². The second-order valence-electron chi connectivity index (χ2n) is 3.95. The maximum absolute atomic E-state index is 10.9. The fourth-order valence-electron chi connectivity index (χ4n) is 1.74. The molecule has 19 heavy (non-hydrogen) atoms. The number of aliphatic imine (C=N–C) groups is 1. The number of thiazole rings is 1. The minimum atomic E-state index is -0.884. The molecule has 7 heteroatoms. The van der Waals surface area contributed by atoms with E-state index in [1.807, 2.05) is 18.2 Å². The minimum Gasteiger partial charge on any atom is -0.497 e. The molecule has 1 aliphatic heterocycles. The van der Waals surface area contributed by atoms with Crippen molar-refractivity contribution in [2.24, 2.45) is 4.99 Å². The van der Waals surface area contributed by atoms with Crippen LogP contribution in [0.15, 0.2) is 23.2 Å². The summed E-state index contributed by atoms with van der Waals surface area (Å²) >= 11 is 2.95. The highest BCUT2D eigenvalue weighted by Gasteiger charge is 2.26.